The minimum absolute atomic E-state index is 0.0648. The highest BCUT2D eigenvalue weighted by Gasteiger charge is 2.17. The van der Waals surface area contributed by atoms with Gasteiger partial charge in [-0.25, -0.2) is 4.68 Å². The number of aromatic nitrogens is 2. The second kappa shape index (κ2) is 6.52. The third-order valence-corrected chi connectivity index (χ3v) is 7.96. The van der Waals surface area contributed by atoms with Gasteiger partial charge in [0.05, 0.1) is 10.9 Å². The minimum Gasteiger partial charge on any atom is -0.325 e. The summed E-state index contributed by atoms with van der Waals surface area (Å²) in [6, 6.07) is 1.19. The van der Waals surface area contributed by atoms with Crippen molar-refractivity contribution in [2.75, 3.05) is 14.2 Å². The quantitative estimate of drug-likeness (QED) is 0.772. The normalized spacial score (nSPS) is 11.8. The molecule has 0 amide bonds. The van der Waals surface area contributed by atoms with Crippen LogP contribution in [0.25, 0.3) is 0 Å². The van der Waals surface area contributed by atoms with E-state index in [0.29, 0.717) is 0 Å². The van der Waals surface area contributed by atoms with Crippen LogP contribution in [-0.2, 0) is 26.7 Å². The minimum atomic E-state index is -2.42. The Balaban J connectivity index is 2.87. The van der Waals surface area contributed by atoms with Crippen molar-refractivity contribution in [3.05, 3.63) is 26.6 Å². The maximum atomic E-state index is 11.5. The summed E-state index contributed by atoms with van der Waals surface area (Å²) in [6.45, 7) is 0. The number of hydrogen-bond donors (Lipinski definition) is 0. The average Bonchev–Trinajstić information content (AvgIpc) is 2.32. The molecule has 0 atom stereocenters. The largest absolute Gasteiger partial charge is 0.325 e. The first kappa shape index (κ1) is 15.4. The molecule has 10 heteroatoms. The van der Waals surface area contributed by atoms with E-state index in [1.165, 1.54) is 31.7 Å². The maximum absolute atomic E-state index is 11.5. The number of nitrogens with zero attached hydrogens (tertiary/aromatic N) is 2. The van der Waals surface area contributed by atoms with Gasteiger partial charge in [-0.15, -0.1) is 0 Å². The van der Waals surface area contributed by atoms with Crippen LogP contribution in [0.3, 0.4) is 0 Å². The van der Waals surface area contributed by atoms with Gasteiger partial charge < -0.3 is 9.05 Å². The molecular weight excluding hydrogens is 326 g/mol. The fraction of sp³-hybridized carbons (Fsp3) is 0.429. The molecule has 1 rings (SSSR count). The summed E-state index contributed by atoms with van der Waals surface area (Å²) >= 11 is 17.7. The first-order chi connectivity index (χ1) is 7.91. The van der Waals surface area contributed by atoms with Crippen LogP contribution in [-0.4, -0.2) is 24.0 Å². The zero-order chi connectivity index (χ0) is 13.1. The number of rotatable bonds is 5. The Hall–Kier alpha value is 0.380. The Bertz CT molecular complexity index is 502. The molecule has 1 aromatic heterocycles. The number of hydrogen-bond acceptors (Lipinski definition) is 6. The molecule has 0 unspecified atom stereocenters. The van der Waals surface area contributed by atoms with Crippen LogP contribution >= 0.6 is 40.3 Å². The standard InChI is InChI=1S/C7H9Cl2N2O3PS2/c1-13-15(16,14-2)17-4-11-6(12)3-5(8)7(9)10-11/h3H,4H2,1-2H3. The molecule has 0 N–H and O–H groups in total. The van der Waals surface area contributed by atoms with Gasteiger partial charge in [-0.2, -0.15) is 5.10 Å². The van der Waals surface area contributed by atoms with Crippen LogP contribution in [0.4, 0.5) is 0 Å². The highest BCUT2D eigenvalue weighted by Crippen LogP contribution is 2.60. The van der Waals surface area contributed by atoms with E-state index in [2.05, 4.69) is 5.10 Å². The molecule has 0 aliphatic carbocycles. The molecule has 0 aliphatic rings. The van der Waals surface area contributed by atoms with Crippen LogP contribution in [0, 0.1) is 0 Å². The molecule has 0 saturated heterocycles. The van der Waals surface area contributed by atoms with Crippen molar-refractivity contribution in [2.24, 2.45) is 0 Å². The zero-order valence-electron chi connectivity index (χ0n) is 8.92. The van der Waals surface area contributed by atoms with Crippen molar-refractivity contribution < 1.29 is 9.05 Å². The molecule has 5 nitrogen and oxygen atoms in total. The van der Waals surface area contributed by atoms with Crippen molar-refractivity contribution >= 4 is 52.1 Å². The lowest BCUT2D eigenvalue weighted by molar-refractivity contribution is 0.353. The fourth-order valence-corrected chi connectivity index (χ4v) is 3.73. The van der Waals surface area contributed by atoms with E-state index >= 15 is 0 Å². The Morgan fingerprint density at radius 3 is 2.65 bits per heavy atom. The van der Waals surface area contributed by atoms with E-state index in [1.807, 2.05) is 0 Å². The van der Waals surface area contributed by atoms with E-state index in [9.17, 15) is 4.79 Å². The fourth-order valence-electron chi connectivity index (χ4n) is 0.843. The third kappa shape index (κ3) is 4.21. The zero-order valence-corrected chi connectivity index (χ0v) is 13.0. The lowest BCUT2D eigenvalue weighted by atomic mass is 10.6. The molecule has 0 spiro atoms. The average molecular weight is 335 g/mol. The Morgan fingerprint density at radius 2 is 2.12 bits per heavy atom. The predicted molar refractivity (Wildman–Crippen MR) is 74.4 cm³/mol. The van der Waals surface area contributed by atoms with Crippen LogP contribution in [0.5, 0.6) is 0 Å². The van der Waals surface area contributed by atoms with E-state index in [1.54, 1.807) is 0 Å². The van der Waals surface area contributed by atoms with Crippen LogP contribution in [0.2, 0.25) is 10.2 Å². The molecule has 0 fully saturated rings. The van der Waals surface area contributed by atoms with Crippen molar-refractivity contribution in [3.63, 3.8) is 0 Å². The SMILES string of the molecule is COP(=S)(OC)SCn1nc(Cl)c(Cl)cc1=O. The van der Waals surface area contributed by atoms with E-state index in [0.717, 1.165) is 4.68 Å². The Kier molecular flexibility index (Phi) is 5.92. The van der Waals surface area contributed by atoms with Crippen molar-refractivity contribution in [1.82, 2.24) is 9.78 Å². The number of halogens is 2. The summed E-state index contributed by atoms with van der Waals surface area (Å²) in [7, 11) is 2.92. The van der Waals surface area contributed by atoms with Crippen LogP contribution in [0.15, 0.2) is 10.9 Å². The molecule has 0 aromatic carbocycles. The molecule has 0 aliphatic heterocycles. The second-order valence-electron chi connectivity index (χ2n) is 2.69. The van der Waals surface area contributed by atoms with Crippen molar-refractivity contribution in [1.29, 1.82) is 0 Å². The van der Waals surface area contributed by atoms with E-state index in [-0.39, 0.29) is 21.6 Å². The smallest absolute Gasteiger partial charge is 0.269 e. The van der Waals surface area contributed by atoms with E-state index < -0.39 is 5.69 Å². The van der Waals surface area contributed by atoms with Crippen LogP contribution in [0.1, 0.15) is 0 Å². The maximum Gasteiger partial charge on any atom is 0.269 e. The Morgan fingerprint density at radius 1 is 1.53 bits per heavy atom. The molecular formula is C7H9Cl2N2O3PS2. The van der Waals surface area contributed by atoms with Gasteiger partial charge in [0.2, 0.25) is 5.69 Å². The van der Waals surface area contributed by atoms with Gasteiger partial charge in [0.1, 0.15) is 0 Å². The molecule has 1 heterocycles. The van der Waals surface area contributed by atoms with Crippen LogP contribution < -0.4 is 5.56 Å². The van der Waals surface area contributed by atoms with Gasteiger partial charge in [-0.3, -0.25) is 4.79 Å². The summed E-state index contributed by atoms with van der Waals surface area (Å²) in [5.74, 6) is 0.189. The topological polar surface area (TPSA) is 53.4 Å². The summed E-state index contributed by atoms with van der Waals surface area (Å²) < 4.78 is 11.3. The Labute approximate surface area is 117 Å². The first-order valence-corrected chi connectivity index (χ1v) is 9.19. The summed E-state index contributed by atoms with van der Waals surface area (Å²) in [5, 5.41) is 4.01. The summed E-state index contributed by atoms with van der Waals surface area (Å²) in [4.78, 5) is 11.5. The molecule has 1 aromatic rings. The van der Waals surface area contributed by atoms with Gasteiger partial charge in [0, 0.05) is 20.3 Å². The van der Waals surface area contributed by atoms with Crippen molar-refractivity contribution in [2.45, 2.75) is 5.88 Å². The van der Waals surface area contributed by atoms with Gasteiger partial charge in [-0.05, 0) is 23.2 Å². The first-order valence-electron chi connectivity index (χ1n) is 4.21. The highest BCUT2D eigenvalue weighted by molar-refractivity contribution is 8.67. The van der Waals surface area contributed by atoms with E-state index in [4.69, 9.17) is 44.1 Å². The van der Waals surface area contributed by atoms with Gasteiger partial charge >= 0.3 is 0 Å². The lowest BCUT2D eigenvalue weighted by Gasteiger charge is -2.16. The summed E-state index contributed by atoms with van der Waals surface area (Å²) in [6.07, 6.45) is 0. The van der Waals surface area contributed by atoms with Gasteiger partial charge in [0.25, 0.3) is 5.56 Å². The molecule has 0 radical (unpaired) electrons. The van der Waals surface area contributed by atoms with Gasteiger partial charge in [0.15, 0.2) is 5.15 Å². The highest BCUT2D eigenvalue weighted by atomic mass is 35.5. The molecule has 17 heavy (non-hydrogen) atoms. The van der Waals surface area contributed by atoms with Crippen molar-refractivity contribution in [3.8, 4) is 0 Å². The third-order valence-electron chi connectivity index (χ3n) is 1.70. The molecule has 0 bridgehead atoms. The molecule has 0 saturated carbocycles. The van der Waals surface area contributed by atoms with Gasteiger partial charge in [-0.1, -0.05) is 23.2 Å². The summed E-state index contributed by atoms with van der Waals surface area (Å²) in [5.41, 5.74) is -2.78. The molecule has 96 valence electrons. The second-order valence-corrected chi connectivity index (χ2v) is 9.95. The lowest BCUT2D eigenvalue weighted by Crippen LogP contribution is -2.21. The monoisotopic (exact) mass is 334 g/mol. The predicted octanol–water partition coefficient (Wildman–Crippen LogP) is 2.76.